The van der Waals surface area contributed by atoms with E-state index in [4.69, 9.17) is 10.8 Å². The molecule has 0 bridgehead atoms. The molecule has 0 saturated carbocycles. The van der Waals surface area contributed by atoms with Crippen molar-refractivity contribution in [2.45, 2.75) is 120 Å². The molecule has 7 amide bonds. The van der Waals surface area contributed by atoms with E-state index in [1.54, 1.807) is 0 Å². The Labute approximate surface area is 304 Å². The number of rotatable bonds is 20. The Balaban J connectivity index is 3.00. The van der Waals surface area contributed by atoms with Gasteiger partial charge in [-0.25, -0.2) is 4.79 Å². The number of aliphatic hydroxyl groups is 6. The molecule has 15 N–H and O–H groups in total. The van der Waals surface area contributed by atoms with Gasteiger partial charge in [0.05, 0.1) is 37.6 Å². The molecular formula is C30H52N8O15. The topological polar surface area (TPSA) is 380 Å². The van der Waals surface area contributed by atoms with Crippen LogP contribution in [0.5, 0.6) is 0 Å². The zero-order valence-electron chi connectivity index (χ0n) is 29.9. The predicted octanol–water partition coefficient (Wildman–Crippen LogP) is -8.17. The minimum absolute atomic E-state index is 0.0293. The predicted molar refractivity (Wildman–Crippen MR) is 178 cm³/mol. The van der Waals surface area contributed by atoms with Crippen LogP contribution in [0.15, 0.2) is 0 Å². The zero-order valence-corrected chi connectivity index (χ0v) is 29.9. The standard InChI is InChI=1S/C30H52N8O15/c1-11(29(51)38-8-6-7-18(38)25(47)35-21(14(4)43)28(50)37-22(15(5)44)30(52)53)32-24(46)17(10-40)33-26(48)19(12(2)41)36-27(49)20(13(3)42)34-23(45)16(31)9-39/h11-22,39-44H,6-10,31H2,1-5H3,(H,32,46)(H,33,48)(H,34,45)(H,35,47)(H,36,49)(H,37,50)(H,52,53)/t11-,12+,13+,14+,15+,16-,17-,18-,19-,20-,21-,22-/m0/s1. The molecule has 0 aromatic heterocycles. The molecule has 12 atom stereocenters. The molecule has 302 valence electrons. The van der Waals surface area contributed by atoms with Gasteiger partial charge in [0.25, 0.3) is 0 Å². The molecule has 1 rings (SSSR count). The highest BCUT2D eigenvalue weighted by molar-refractivity contribution is 5.98. The van der Waals surface area contributed by atoms with Crippen molar-refractivity contribution in [2.24, 2.45) is 5.73 Å². The second kappa shape index (κ2) is 21.2. The van der Waals surface area contributed by atoms with Gasteiger partial charge in [-0.3, -0.25) is 33.6 Å². The highest BCUT2D eigenvalue weighted by Gasteiger charge is 2.40. The maximum atomic E-state index is 13.4. The summed E-state index contributed by atoms with van der Waals surface area (Å²) < 4.78 is 0. The quantitative estimate of drug-likeness (QED) is 0.0547. The van der Waals surface area contributed by atoms with Crippen molar-refractivity contribution >= 4 is 47.3 Å². The van der Waals surface area contributed by atoms with Crippen LogP contribution >= 0.6 is 0 Å². The number of carbonyl (C=O) groups is 8. The fourth-order valence-electron chi connectivity index (χ4n) is 5.07. The molecule has 1 aliphatic rings. The first-order valence-electron chi connectivity index (χ1n) is 16.6. The number of aliphatic hydroxyl groups excluding tert-OH is 6. The lowest BCUT2D eigenvalue weighted by Crippen LogP contribution is -2.63. The fraction of sp³-hybridized carbons (Fsp3) is 0.733. The smallest absolute Gasteiger partial charge is 0.328 e. The minimum atomic E-state index is -1.80. The van der Waals surface area contributed by atoms with Gasteiger partial charge in [-0.05, 0) is 47.5 Å². The summed E-state index contributed by atoms with van der Waals surface area (Å²) in [7, 11) is 0. The van der Waals surface area contributed by atoms with Gasteiger partial charge in [0.2, 0.25) is 41.4 Å². The van der Waals surface area contributed by atoms with Crippen molar-refractivity contribution < 1.29 is 74.1 Å². The van der Waals surface area contributed by atoms with Gasteiger partial charge in [-0.1, -0.05) is 0 Å². The number of nitrogens with two attached hydrogens (primary N) is 1. The first-order chi connectivity index (χ1) is 24.6. The van der Waals surface area contributed by atoms with Crippen LogP contribution in [0.1, 0.15) is 47.5 Å². The SMILES string of the molecule is C[C@H](NC(=O)[C@H](CO)NC(=O)[C@@H](NC(=O)[C@@H](NC(=O)[C@@H](N)CO)[C@@H](C)O)[C@@H](C)O)C(=O)N1CCC[C@H]1C(=O)N[C@H](C(=O)N[C@H](C(=O)O)[C@@H](C)O)[C@@H](C)O. The van der Waals surface area contributed by atoms with E-state index in [0.29, 0.717) is 6.42 Å². The van der Waals surface area contributed by atoms with Crippen LogP contribution < -0.4 is 37.6 Å². The van der Waals surface area contributed by atoms with Crippen molar-refractivity contribution in [2.75, 3.05) is 19.8 Å². The highest BCUT2D eigenvalue weighted by Crippen LogP contribution is 2.19. The summed E-state index contributed by atoms with van der Waals surface area (Å²) in [5, 5.41) is 81.1. The lowest BCUT2D eigenvalue weighted by molar-refractivity contribution is -0.146. The van der Waals surface area contributed by atoms with Gasteiger partial charge in [-0.15, -0.1) is 0 Å². The summed E-state index contributed by atoms with van der Waals surface area (Å²) in [4.78, 5) is 103. The third-order valence-electron chi connectivity index (χ3n) is 8.15. The largest absolute Gasteiger partial charge is 0.480 e. The number of carbonyl (C=O) groups excluding carboxylic acids is 7. The Morgan fingerprint density at radius 3 is 1.49 bits per heavy atom. The van der Waals surface area contributed by atoms with Gasteiger partial charge in [-0.2, -0.15) is 0 Å². The average molecular weight is 765 g/mol. The summed E-state index contributed by atoms with van der Waals surface area (Å²) in [6, 6.07) is -12.7. The summed E-state index contributed by atoms with van der Waals surface area (Å²) >= 11 is 0. The number of nitrogens with zero attached hydrogens (tertiary/aromatic N) is 1. The molecule has 0 aromatic carbocycles. The third-order valence-corrected chi connectivity index (χ3v) is 8.15. The highest BCUT2D eigenvalue weighted by atomic mass is 16.4. The Morgan fingerprint density at radius 1 is 0.623 bits per heavy atom. The van der Waals surface area contributed by atoms with Gasteiger partial charge in [0.1, 0.15) is 42.3 Å². The summed E-state index contributed by atoms with van der Waals surface area (Å²) in [5.74, 6) is -8.83. The van der Waals surface area contributed by atoms with Crippen LogP contribution in [0.3, 0.4) is 0 Å². The van der Waals surface area contributed by atoms with Gasteiger partial charge in [0.15, 0.2) is 6.04 Å². The first-order valence-corrected chi connectivity index (χ1v) is 16.6. The van der Waals surface area contributed by atoms with Crippen molar-refractivity contribution in [3.63, 3.8) is 0 Å². The zero-order chi connectivity index (χ0) is 40.9. The number of amides is 7. The second-order valence-corrected chi connectivity index (χ2v) is 12.7. The minimum Gasteiger partial charge on any atom is -0.480 e. The summed E-state index contributed by atoms with van der Waals surface area (Å²) in [6.45, 7) is 3.94. The number of carboxylic acids is 1. The monoisotopic (exact) mass is 764 g/mol. The fourth-order valence-corrected chi connectivity index (χ4v) is 5.07. The molecule has 1 fully saturated rings. The van der Waals surface area contributed by atoms with E-state index in [1.807, 2.05) is 5.32 Å². The third kappa shape index (κ3) is 13.4. The molecule has 1 saturated heterocycles. The number of hydrogen-bond acceptors (Lipinski definition) is 15. The Morgan fingerprint density at radius 2 is 1.06 bits per heavy atom. The maximum absolute atomic E-state index is 13.4. The number of aliphatic carboxylic acids is 1. The van der Waals surface area contributed by atoms with Crippen LogP contribution in [-0.4, -0.2) is 180 Å². The van der Waals surface area contributed by atoms with Crippen molar-refractivity contribution in [1.82, 2.24) is 36.8 Å². The summed E-state index contributed by atoms with van der Waals surface area (Å²) in [5.41, 5.74) is 5.41. The van der Waals surface area contributed by atoms with Crippen molar-refractivity contribution in [3.05, 3.63) is 0 Å². The molecule has 23 nitrogen and oxygen atoms in total. The molecule has 0 radical (unpaired) electrons. The van der Waals surface area contributed by atoms with Gasteiger partial charge in [0, 0.05) is 6.54 Å². The lowest BCUT2D eigenvalue weighted by Gasteiger charge is -2.30. The Kier molecular flexibility index (Phi) is 18.6. The van der Waals surface area contributed by atoms with Crippen LogP contribution in [-0.2, 0) is 38.4 Å². The number of nitrogens with one attached hydrogen (secondary N) is 6. The maximum Gasteiger partial charge on any atom is 0.328 e. The van der Waals surface area contributed by atoms with Crippen LogP contribution in [0, 0.1) is 0 Å². The normalized spacial score (nSPS) is 20.4. The molecule has 0 spiro atoms. The molecule has 23 heteroatoms. The van der Waals surface area contributed by atoms with E-state index < -0.39 is 133 Å². The Bertz CT molecular complexity index is 1330. The van der Waals surface area contributed by atoms with E-state index in [9.17, 15) is 69.0 Å². The van der Waals surface area contributed by atoms with E-state index in [0.717, 1.165) is 32.6 Å². The Hall–Kier alpha value is -4.52. The van der Waals surface area contributed by atoms with Crippen LogP contribution in [0.2, 0.25) is 0 Å². The second-order valence-electron chi connectivity index (χ2n) is 12.7. The molecule has 1 heterocycles. The molecular weight excluding hydrogens is 712 g/mol. The van der Waals surface area contributed by atoms with E-state index in [2.05, 4.69) is 26.6 Å². The number of carboxylic acid groups (broad SMARTS) is 1. The first kappa shape index (κ1) is 46.5. The molecule has 0 aliphatic carbocycles. The molecule has 1 aliphatic heterocycles. The van der Waals surface area contributed by atoms with Gasteiger partial charge >= 0.3 is 5.97 Å². The van der Waals surface area contributed by atoms with Crippen molar-refractivity contribution in [3.8, 4) is 0 Å². The molecule has 0 aromatic rings. The molecule has 53 heavy (non-hydrogen) atoms. The van der Waals surface area contributed by atoms with E-state index in [1.165, 1.54) is 6.92 Å². The van der Waals surface area contributed by atoms with Crippen molar-refractivity contribution in [1.29, 1.82) is 0 Å². The van der Waals surface area contributed by atoms with Crippen LogP contribution in [0.25, 0.3) is 0 Å². The average Bonchev–Trinajstić information content (AvgIpc) is 3.57. The van der Waals surface area contributed by atoms with E-state index >= 15 is 0 Å². The number of hydrogen-bond donors (Lipinski definition) is 14. The van der Waals surface area contributed by atoms with Crippen LogP contribution in [0.4, 0.5) is 0 Å². The lowest BCUT2D eigenvalue weighted by atomic mass is 10.1. The van der Waals surface area contributed by atoms with Gasteiger partial charge < -0.3 is 78.3 Å². The van der Waals surface area contributed by atoms with E-state index in [-0.39, 0.29) is 13.0 Å². The number of likely N-dealkylation sites (tertiary alicyclic amines) is 1. The summed E-state index contributed by atoms with van der Waals surface area (Å²) in [6.07, 6.45) is -5.79. The molecule has 0 unspecified atom stereocenters.